The molecular formula is C28H34FN7O. The van der Waals surface area contributed by atoms with Crippen LogP contribution in [0, 0.1) is 29.0 Å². The normalized spacial score (nSPS) is 22.3. The fraction of sp³-hybridized carbons (Fsp3) is 0.536. The van der Waals surface area contributed by atoms with Gasteiger partial charge in [0, 0.05) is 43.4 Å². The number of nitrogens with two attached hydrogens (primary N) is 1. The molecule has 2 aliphatic carbocycles. The van der Waals surface area contributed by atoms with Crippen molar-refractivity contribution < 1.29 is 9.13 Å². The predicted octanol–water partition coefficient (Wildman–Crippen LogP) is 4.19. The Morgan fingerprint density at radius 1 is 1.19 bits per heavy atom. The number of halogens is 1. The summed E-state index contributed by atoms with van der Waals surface area (Å²) in [4.78, 5) is 4.47. The zero-order valence-corrected chi connectivity index (χ0v) is 21.3. The van der Waals surface area contributed by atoms with Crippen molar-refractivity contribution in [3.8, 4) is 11.8 Å². The zero-order chi connectivity index (χ0) is 25.5. The van der Waals surface area contributed by atoms with Crippen LogP contribution in [0.1, 0.15) is 80.3 Å². The van der Waals surface area contributed by atoms with E-state index in [-0.39, 0.29) is 29.4 Å². The molecule has 2 aromatic heterocycles. The number of nitrogen functional groups attached to an aromatic ring is 1. The molecule has 1 aliphatic heterocycles. The Morgan fingerprint density at radius 2 is 2.00 bits per heavy atom. The van der Waals surface area contributed by atoms with Crippen LogP contribution in [-0.2, 0) is 4.74 Å². The van der Waals surface area contributed by atoms with Gasteiger partial charge in [-0.2, -0.15) is 5.10 Å². The molecule has 37 heavy (non-hydrogen) atoms. The van der Waals surface area contributed by atoms with Crippen LogP contribution in [-0.4, -0.2) is 51.3 Å². The number of nitrogens with zero attached hydrogens (tertiary/aromatic N) is 4. The number of methoxy groups -OCH3 is 1. The van der Waals surface area contributed by atoms with Crippen molar-refractivity contribution in [1.29, 1.82) is 5.41 Å². The Labute approximate surface area is 216 Å². The van der Waals surface area contributed by atoms with Crippen LogP contribution in [0.25, 0.3) is 11.0 Å². The van der Waals surface area contributed by atoms with Crippen LogP contribution in [0.3, 0.4) is 0 Å². The number of anilines is 1. The van der Waals surface area contributed by atoms with Gasteiger partial charge in [-0.05, 0) is 44.1 Å². The fourth-order valence-corrected chi connectivity index (χ4v) is 5.90. The highest BCUT2D eigenvalue weighted by molar-refractivity contribution is 6.05. The fourth-order valence-electron chi connectivity index (χ4n) is 5.90. The Bertz CT molecular complexity index is 1390. The van der Waals surface area contributed by atoms with Gasteiger partial charge in [-0.25, -0.2) is 14.1 Å². The SMILES string of the molecule is COC[C@H]1C[C@H](n2nc(C#Cc3cc4ncn(C5CC5)c4cc3F)c(C(=N)C3CCCCC3)c2N)CN1. The molecule has 3 heterocycles. The second-order valence-corrected chi connectivity index (χ2v) is 10.7. The maximum absolute atomic E-state index is 15.1. The maximum atomic E-state index is 15.1. The van der Waals surface area contributed by atoms with Crippen LogP contribution < -0.4 is 11.1 Å². The van der Waals surface area contributed by atoms with Crippen molar-refractivity contribution in [2.75, 3.05) is 26.0 Å². The molecule has 4 N–H and O–H groups in total. The van der Waals surface area contributed by atoms with E-state index in [1.165, 1.54) is 12.5 Å². The van der Waals surface area contributed by atoms with E-state index in [9.17, 15) is 0 Å². The van der Waals surface area contributed by atoms with Crippen molar-refractivity contribution in [2.24, 2.45) is 5.92 Å². The van der Waals surface area contributed by atoms with Gasteiger partial charge in [-0.1, -0.05) is 25.2 Å². The summed E-state index contributed by atoms with van der Waals surface area (Å²) < 4.78 is 24.3. The van der Waals surface area contributed by atoms with Crippen LogP contribution in [0.5, 0.6) is 0 Å². The summed E-state index contributed by atoms with van der Waals surface area (Å²) in [5.41, 5.74) is 10.0. The molecule has 8 nitrogen and oxygen atoms in total. The summed E-state index contributed by atoms with van der Waals surface area (Å²) in [7, 11) is 1.70. The highest BCUT2D eigenvalue weighted by Gasteiger charge is 2.32. The lowest BCUT2D eigenvalue weighted by Gasteiger charge is -2.22. The predicted molar refractivity (Wildman–Crippen MR) is 141 cm³/mol. The number of hydrogen-bond donors (Lipinski definition) is 3. The number of imidazole rings is 1. The van der Waals surface area contributed by atoms with Gasteiger partial charge in [-0.3, -0.25) is 0 Å². The molecule has 6 rings (SSSR count). The first-order chi connectivity index (χ1) is 18.0. The lowest BCUT2D eigenvalue weighted by molar-refractivity contribution is 0.172. The first-order valence-electron chi connectivity index (χ1n) is 13.4. The van der Waals surface area contributed by atoms with E-state index in [1.54, 1.807) is 19.5 Å². The molecule has 0 amide bonds. The molecule has 3 aromatic rings. The molecule has 0 radical (unpaired) electrons. The second-order valence-electron chi connectivity index (χ2n) is 10.7. The molecule has 0 bridgehead atoms. The van der Waals surface area contributed by atoms with Gasteiger partial charge in [0.2, 0.25) is 0 Å². The largest absolute Gasteiger partial charge is 0.383 e. The minimum Gasteiger partial charge on any atom is -0.383 e. The third kappa shape index (κ3) is 4.64. The Kier molecular flexibility index (Phi) is 6.47. The molecular weight excluding hydrogens is 469 g/mol. The van der Waals surface area contributed by atoms with Gasteiger partial charge in [0.05, 0.1) is 41.1 Å². The minimum absolute atomic E-state index is 0.0491. The number of hydrogen-bond acceptors (Lipinski definition) is 6. The molecule has 1 saturated heterocycles. The Balaban J connectivity index is 1.36. The maximum Gasteiger partial charge on any atom is 0.146 e. The Morgan fingerprint density at radius 3 is 2.76 bits per heavy atom. The summed E-state index contributed by atoms with van der Waals surface area (Å²) >= 11 is 0. The lowest BCUT2D eigenvalue weighted by Crippen LogP contribution is -2.25. The molecule has 0 spiro atoms. The van der Waals surface area contributed by atoms with Gasteiger partial charge in [-0.15, -0.1) is 0 Å². The van der Waals surface area contributed by atoms with Crippen molar-refractivity contribution in [2.45, 2.75) is 69.5 Å². The number of rotatable bonds is 6. The highest BCUT2D eigenvalue weighted by atomic mass is 19.1. The van der Waals surface area contributed by atoms with Crippen molar-refractivity contribution >= 4 is 22.6 Å². The first kappa shape index (κ1) is 24.1. The monoisotopic (exact) mass is 503 g/mol. The quantitative estimate of drug-likeness (QED) is 0.346. The van der Waals surface area contributed by atoms with Gasteiger partial charge in [0.1, 0.15) is 17.3 Å². The third-order valence-electron chi connectivity index (χ3n) is 8.06. The van der Waals surface area contributed by atoms with E-state index >= 15 is 4.39 Å². The van der Waals surface area contributed by atoms with E-state index < -0.39 is 0 Å². The molecule has 194 valence electrons. The molecule has 3 aliphatic rings. The highest BCUT2D eigenvalue weighted by Crippen LogP contribution is 2.37. The number of benzene rings is 1. The number of aromatic nitrogens is 4. The first-order valence-corrected chi connectivity index (χ1v) is 13.4. The minimum atomic E-state index is -0.374. The van der Waals surface area contributed by atoms with Gasteiger partial charge < -0.3 is 25.8 Å². The second kappa shape index (κ2) is 9.92. The summed E-state index contributed by atoms with van der Waals surface area (Å²) in [6.07, 6.45) is 10.2. The summed E-state index contributed by atoms with van der Waals surface area (Å²) in [6.45, 7) is 1.34. The summed E-state index contributed by atoms with van der Waals surface area (Å²) in [5, 5.41) is 17.3. The van der Waals surface area contributed by atoms with E-state index in [4.69, 9.17) is 21.0 Å². The van der Waals surface area contributed by atoms with Gasteiger partial charge in [0.25, 0.3) is 0 Å². The van der Waals surface area contributed by atoms with E-state index in [2.05, 4.69) is 22.1 Å². The van der Waals surface area contributed by atoms with Crippen molar-refractivity contribution in [1.82, 2.24) is 24.6 Å². The number of nitrogens with one attached hydrogen (secondary N) is 2. The summed E-state index contributed by atoms with van der Waals surface area (Å²) in [5.74, 6) is 6.34. The number of ether oxygens (including phenoxy) is 1. The van der Waals surface area contributed by atoms with E-state index in [0.29, 0.717) is 35.4 Å². The molecule has 3 fully saturated rings. The van der Waals surface area contributed by atoms with Crippen molar-refractivity contribution in [3.63, 3.8) is 0 Å². The van der Waals surface area contributed by atoms with E-state index in [1.807, 2.05) is 9.25 Å². The van der Waals surface area contributed by atoms with Crippen LogP contribution in [0.15, 0.2) is 18.5 Å². The zero-order valence-electron chi connectivity index (χ0n) is 21.3. The average Bonchev–Trinajstić information content (AvgIpc) is 3.36. The molecule has 2 saturated carbocycles. The molecule has 9 heteroatoms. The standard InChI is InChI=1S/C28H34FN7O/c1-37-15-19-12-21(14-32-19)36-28(31)26(27(30)17-5-3-2-4-6-17)23(34-36)10-7-18-11-24-25(13-22(18)29)35(16-33-24)20-8-9-20/h11,13,16-17,19-21,30,32H,2-6,8-9,12,14-15,31H2,1H3/t19-,21+/m1/s1. The van der Waals surface area contributed by atoms with Crippen LogP contribution in [0.4, 0.5) is 10.2 Å². The summed E-state index contributed by atoms with van der Waals surface area (Å²) in [6, 6.07) is 3.94. The Hall–Kier alpha value is -3.22. The topological polar surface area (TPSA) is 107 Å². The average molecular weight is 504 g/mol. The molecule has 2 atom stereocenters. The van der Waals surface area contributed by atoms with Crippen LogP contribution in [0.2, 0.25) is 0 Å². The van der Waals surface area contributed by atoms with E-state index in [0.717, 1.165) is 62.5 Å². The molecule has 0 unspecified atom stereocenters. The van der Waals surface area contributed by atoms with Gasteiger partial charge in [0.15, 0.2) is 0 Å². The van der Waals surface area contributed by atoms with Gasteiger partial charge >= 0.3 is 0 Å². The number of fused-ring (bicyclic) bond motifs is 1. The van der Waals surface area contributed by atoms with Crippen LogP contribution >= 0.6 is 0 Å². The smallest absolute Gasteiger partial charge is 0.146 e. The third-order valence-corrected chi connectivity index (χ3v) is 8.06. The molecule has 1 aromatic carbocycles. The lowest BCUT2D eigenvalue weighted by atomic mass is 9.83. The van der Waals surface area contributed by atoms with Crippen molar-refractivity contribution in [3.05, 3.63) is 41.1 Å².